The summed E-state index contributed by atoms with van der Waals surface area (Å²) < 4.78 is 25.9. The first kappa shape index (κ1) is 13.5. The number of aliphatic hydroxyl groups is 1. The second-order valence-electron chi connectivity index (χ2n) is 5.28. The van der Waals surface area contributed by atoms with Crippen molar-refractivity contribution in [1.29, 1.82) is 0 Å². The SMILES string of the molecule is OC(CC1CCCCCC1)c1ccc(F)c(F)c1. The van der Waals surface area contributed by atoms with Crippen molar-refractivity contribution in [1.82, 2.24) is 0 Å². The Morgan fingerprint density at radius 3 is 2.33 bits per heavy atom. The summed E-state index contributed by atoms with van der Waals surface area (Å²) in [6, 6.07) is 3.66. The van der Waals surface area contributed by atoms with Crippen LogP contribution in [0.5, 0.6) is 0 Å². The first-order valence-corrected chi connectivity index (χ1v) is 6.80. The molecule has 1 aromatic rings. The van der Waals surface area contributed by atoms with Gasteiger partial charge in [0.1, 0.15) is 0 Å². The van der Waals surface area contributed by atoms with Crippen LogP contribution in [0.2, 0.25) is 0 Å². The summed E-state index contributed by atoms with van der Waals surface area (Å²) in [7, 11) is 0. The van der Waals surface area contributed by atoms with Gasteiger partial charge in [-0.2, -0.15) is 0 Å². The summed E-state index contributed by atoms with van der Waals surface area (Å²) in [6.45, 7) is 0. The minimum Gasteiger partial charge on any atom is -0.388 e. The average molecular weight is 254 g/mol. The second kappa shape index (κ2) is 6.28. The Kier molecular flexibility index (Phi) is 4.70. The Morgan fingerprint density at radius 1 is 1.06 bits per heavy atom. The third-order valence-corrected chi connectivity index (χ3v) is 3.86. The lowest BCUT2D eigenvalue weighted by atomic mass is 9.91. The zero-order valence-electron chi connectivity index (χ0n) is 10.5. The minimum atomic E-state index is -0.882. The molecule has 0 aliphatic heterocycles. The smallest absolute Gasteiger partial charge is 0.159 e. The average Bonchev–Trinajstić information content (AvgIpc) is 2.61. The fourth-order valence-electron chi connectivity index (χ4n) is 2.77. The van der Waals surface area contributed by atoms with Gasteiger partial charge in [0.25, 0.3) is 0 Å². The van der Waals surface area contributed by atoms with E-state index in [1.54, 1.807) is 0 Å². The fraction of sp³-hybridized carbons (Fsp3) is 0.600. The lowest BCUT2D eigenvalue weighted by Crippen LogP contribution is -2.07. The van der Waals surface area contributed by atoms with E-state index in [0.29, 0.717) is 17.9 Å². The van der Waals surface area contributed by atoms with Crippen molar-refractivity contribution in [2.24, 2.45) is 5.92 Å². The molecule has 1 atom stereocenters. The summed E-state index contributed by atoms with van der Waals surface area (Å²) in [5.41, 5.74) is 0.484. The lowest BCUT2D eigenvalue weighted by molar-refractivity contribution is 0.138. The molecule has 2 rings (SSSR count). The van der Waals surface area contributed by atoms with Gasteiger partial charge in [0.05, 0.1) is 6.10 Å². The summed E-state index contributed by atoms with van der Waals surface area (Å²) in [4.78, 5) is 0. The molecule has 1 aliphatic carbocycles. The molecule has 3 heteroatoms. The van der Waals surface area contributed by atoms with Crippen LogP contribution in [0.4, 0.5) is 8.78 Å². The Bertz CT molecular complexity index is 384. The van der Waals surface area contributed by atoms with Gasteiger partial charge >= 0.3 is 0 Å². The molecule has 0 radical (unpaired) electrons. The molecule has 1 N–H and O–H groups in total. The topological polar surface area (TPSA) is 20.2 Å². The summed E-state index contributed by atoms with van der Waals surface area (Å²) >= 11 is 0. The Morgan fingerprint density at radius 2 is 1.72 bits per heavy atom. The van der Waals surface area contributed by atoms with E-state index < -0.39 is 17.7 Å². The largest absolute Gasteiger partial charge is 0.388 e. The Balaban J connectivity index is 1.97. The van der Waals surface area contributed by atoms with Crippen molar-refractivity contribution in [3.63, 3.8) is 0 Å². The summed E-state index contributed by atoms with van der Waals surface area (Å²) in [5, 5.41) is 10.1. The fourth-order valence-corrected chi connectivity index (χ4v) is 2.77. The van der Waals surface area contributed by atoms with Crippen LogP contribution in [0.3, 0.4) is 0 Å². The monoisotopic (exact) mass is 254 g/mol. The van der Waals surface area contributed by atoms with Crippen LogP contribution < -0.4 is 0 Å². The standard InChI is InChI=1S/C15H20F2O/c16-13-8-7-12(10-14(13)17)15(18)9-11-5-3-1-2-4-6-11/h7-8,10-11,15,18H,1-6,9H2. The predicted molar refractivity (Wildman–Crippen MR) is 67.1 cm³/mol. The molecule has 0 heterocycles. The first-order chi connectivity index (χ1) is 8.66. The van der Waals surface area contributed by atoms with Gasteiger partial charge in [0, 0.05) is 0 Å². The molecule has 1 aromatic carbocycles. The lowest BCUT2D eigenvalue weighted by Gasteiger charge is -2.18. The van der Waals surface area contributed by atoms with Crippen molar-refractivity contribution in [3.8, 4) is 0 Å². The van der Waals surface area contributed by atoms with Crippen molar-refractivity contribution < 1.29 is 13.9 Å². The third kappa shape index (κ3) is 3.52. The van der Waals surface area contributed by atoms with Gasteiger partial charge in [-0.15, -0.1) is 0 Å². The highest BCUT2D eigenvalue weighted by Crippen LogP contribution is 2.31. The molecule has 1 aliphatic rings. The highest BCUT2D eigenvalue weighted by atomic mass is 19.2. The molecule has 1 unspecified atom stereocenters. The van der Waals surface area contributed by atoms with E-state index in [4.69, 9.17) is 0 Å². The molecule has 0 amide bonds. The quantitative estimate of drug-likeness (QED) is 0.795. The van der Waals surface area contributed by atoms with Gasteiger partial charge in [-0.05, 0) is 30.0 Å². The number of rotatable bonds is 3. The van der Waals surface area contributed by atoms with Gasteiger partial charge in [-0.1, -0.05) is 44.6 Å². The molecule has 100 valence electrons. The normalized spacial score (nSPS) is 19.5. The maximum atomic E-state index is 13.1. The molecule has 0 saturated heterocycles. The Labute approximate surface area is 107 Å². The van der Waals surface area contributed by atoms with Crippen molar-refractivity contribution in [2.75, 3.05) is 0 Å². The number of hydrogen-bond acceptors (Lipinski definition) is 1. The maximum absolute atomic E-state index is 13.1. The van der Waals surface area contributed by atoms with E-state index >= 15 is 0 Å². The number of aliphatic hydroxyl groups excluding tert-OH is 1. The van der Waals surface area contributed by atoms with Crippen molar-refractivity contribution in [3.05, 3.63) is 35.4 Å². The van der Waals surface area contributed by atoms with E-state index in [-0.39, 0.29) is 0 Å². The molecule has 0 aromatic heterocycles. The zero-order chi connectivity index (χ0) is 13.0. The Hall–Kier alpha value is -0.960. The first-order valence-electron chi connectivity index (χ1n) is 6.80. The van der Waals surface area contributed by atoms with Gasteiger partial charge in [0.2, 0.25) is 0 Å². The summed E-state index contributed by atoms with van der Waals surface area (Å²) in [5.74, 6) is -1.23. The predicted octanol–water partition coefficient (Wildman–Crippen LogP) is 4.36. The maximum Gasteiger partial charge on any atom is 0.159 e. The summed E-state index contributed by atoms with van der Waals surface area (Å²) in [6.07, 6.45) is 7.25. The van der Waals surface area contributed by atoms with E-state index in [0.717, 1.165) is 25.0 Å². The van der Waals surface area contributed by atoms with Gasteiger partial charge in [-0.25, -0.2) is 8.78 Å². The van der Waals surface area contributed by atoms with Crippen LogP contribution in [0, 0.1) is 17.6 Å². The van der Waals surface area contributed by atoms with Gasteiger partial charge < -0.3 is 5.11 Å². The molecule has 1 fully saturated rings. The molecule has 18 heavy (non-hydrogen) atoms. The molecular weight excluding hydrogens is 234 g/mol. The van der Waals surface area contributed by atoms with Gasteiger partial charge in [0.15, 0.2) is 11.6 Å². The van der Waals surface area contributed by atoms with E-state index in [1.165, 1.54) is 31.7 Å². The van der Waals surface area contributed by atoms with Crippen LogP contribution in [0.1, 0.15) is 56.6 Å². The third-order valence-electron chi connectivity index (χ3n) is 3.86. The number of benzene rings is 1. The molecule has 0 bridgehead atoms. The zero-order valence-corrected chi connectivity index (χ0v) is 10.5. The van der Waals surface area contributed by atoms with E-state index in [9.17, 15) is 13.9 Å². The minimum absolute atomic E-state index is 0.484. The van der Waals surface area contributed by atoms with E-state index in [2.05, 4.69) is 0 Å². The second-order valence-corrected chi connectivity index (χ2v) is 5.28. The van der Waals surface area contributed by atoms with Crippen LogP contribution in [-0.2, 0) is 0 Å². The van der Waals surface area contributed by atoms with Crippen LogP contribution in [0.15, 0.2) is 18.2 Å². The molecule has 1 saturated carbocycles. The van der Waals surface area contributed by atoms with E-state index in [1.807, 2.05) is 0 Å². The van der Waals surface area contributed by atoms with Crippen molar-refractivity contribution >= 4 is 0 Å². The van der Waals surface area contributed by atoms with Crippen LogP contribution in [-0.4, -0.2) is 5.11 Å². The highest BCUT2D eigenvalue weighted by molar-refractivity contribution is 5.20. The molecular formula is C15H20F2O. The van der Waals surface area contributed by atoms with Crippen LogP contribution >= 0.6 is 0 Å². The number of hydrogen-bond donors (Lipinski definition) is 1. The molecule has 0 spiro atoms. The van der Waals surface area contributed by atoms with Crippen LogP contribution in [0.25, 0.3) is 0 Å². The van der Waals surface area contributed by atoms with Crippen molar-refractivity contribution in [2.45, 2.75) is 51.0 Å². The highest BCUT2D eigenvalue weighted by Gasteiger charge is 2.18. The van der Waals surface area contributed by atoms with Gasteiger partial charge in [-0.3, -0.25) is 0 Å². The molecule has 1 nitrogen and oxygen atoms in total. The number of halogens is 2.